The summed E-state index contributed by atoms with van der Waals surface area (Å²) in [5, 5.41) is 0. The Morgan fingerprint density at radius 1 is 1.22 bits per heavy atom. The van der Waals surface area contributed by atoms with Crippen LogP contribution in [0.25, 0.3) is 0 Å². The molecule has 0 heterocycles. The van der Waals surface area contributed by atoms with Crippen LogP contribution in [0.15, 0.2) is 0 Å². The third-order valence-corrected chi connectivity index (χ3v) is 1.60. The lowest BCUT2D eigenvalue weighted by atomic mass is 10.2. The van der Waals surface area contributed by atoms with Gasteiger partial charge in [-0.15, -0.1) is 0 Å². The highest BCUT2D eigenvalue weighted by Crippen LogP contribution is 2.00. The molecule has 0 saturated carbocycles. The van der Waals surface area contributed by atoms with Crippen LogP contribution in [0.2, 0.25) is 0 Å². The first kappa shape index (κ1) is 9.29. The molecule has 0 aromatic carbocycles. The van der Waals surface area contributed by atoms with Gasteiger partial charge in [-0.2, -0.15) is 0 Å². The predicted molar refractivity (Wildman–Crippen MR) is 50.6 cm³/mol. The lowest BCUT2D eigenvalue weighted by Gasteiger charge is -1.90. The average molecular weight is 236 g/mol. The Hall–Kier alpha value is 0.290. The van der Waals surface area contributed by atoms with E-state index in [-0.39, 0.29) is 0 Å². The van der Waals surface area contributed by atoms with E-state index in [2.05, 4.69) is 39.4 Å². The van der Waals surface area contributed by atoms with Gasteiger partial charge >= 0.3 is 0 Å². The Morgan fingerprint density at radius 2 is 2.00 bits per heavy atom. The van der Waals surface area contributed by atoms with E-state index in [4.69, 9.17) is 0 Å². The third kappa shape index (κ3) is 8.29. The summed E-state index contributed by atoms with van der Waals surface area (Å²) in [6.45, 7) is 2.23. The molecule has 0 aliphatic heterocycles. The second-order valence-corrected chi connectivity index (χ2v) is 2.62. The standard InChI is InChI=1S/C8H13I/c1-2-3-4-5-6-7-8-9/h2-6H2,1H3. The van der Waals surface area contributed by atoms with Gasteiger partial charge in [0.2, 0.25) is 0 Å². The van der Waals surface area contributed by atoms with Gasteiger partial charge in [0.05, 0.1) is 0 Å². The topological polar surface area (TPSA) is 0 Å². The maximum absolute atomic E-state index is 3.04. The van der Waals surface area contributed by atoms with E-state index < -0.39 is 0 Å². The molecule has 0 atom stereocenters. The fourth-order valence-electron chi connectivity index (χ4n) is 0.687. The Labute approximate surface area is 71.6 Å². The van der Waals surface area contributed by atoms with Crippen molar-refractivity contribution < 1.29 is 0 Å². The van der Waals surface area contributed by atoms with E-state index in [0.29, 0.717) is 0 Å². The molecule has 1 heteroatoms. The largest absolute Gasteiger partial charge is 0.0919 e. The van der Waals surface area contributed by atoms with Crippen molar-refractivity contribution in [2.24, 2.45) is 0 Å². The smallest absolute Gasteiger partial charge is 0.0181 e. The van der Waals surface area contributed by atoms with Gasteiger partial charge in [-0.05, 0) is 10.3 Å². The Kier molecular flexibility index (Phi) is 8.56. The molecular formula is C8H13I. The van der Waals surface area contributed by atoms with Crippen molar-refractivity contribution in [2.75, 3.05) is 0 Å². The summed E-state index contributed by atoms with van der Waals surface area (Å²) in [6, 6.07) is 0. The zero-order valence-corrected chi connectivity index (χ0v) is 8.07. The molecule has 0 aromatic heterocycles. The average Bonchev–Trinajstić information content (AvgIpc) is 1.89. The second-order valence-electron chi connectivity index (χ2n) is 2.08. The van der Waals surface area contributed by atoms with Crippen molar-refractivity contribution in [3.05, 3.63) is 0 Å². The molecule has 0 unspecified atom stereocenters. The summed E-state index contributed by atoms with van der Waals surface area (Å²) in [5.74, 6) is 3.04. The first-order valence-electron chi connectivity index (χ1n) is 3.50. The summed E-state index contributed by atoms with van der Waals surface area (Å²) in [5.41, 5.74) is 0. The van der Waals surface area contributed by atoms with Crippen molar-refractivity contribution in [2.45, 2.75) is 39.0 Å². The molecule has 0 saturated heterocycles. The van der Waals surface area contributed by atoms with Crippen LogP contribution < -0.4 is 0 Å². The van der Waals surface area contributed by atoms with Gasteiger partial charge in [0.15, 0.2) is 0 Å². The second kappa shape index (κ2) is 8.29. The molecule has 0 spiro atoms. The van der Waals surface area contributed by atoms with Crippen LogP contribution in [-0.4, -0.2) is 0 Å². The van der Waals surface area contributed by atoms with E-state index in [1.165, 1.54) is 25.7 Å². The monoisotopic (exact) mass is 236 g/mol. The normalized spacial score (nSPS) is 8.22. The molecule has 0 aliphatic carbocycles. The molecule has 0 aliphatic rings. The quantitative estimate of drug-likeness (QED) is 0.399. The minimum absolute atomic E-state index is 1.09. The number of hydrogen-bond donors (Lipinski definition) is 0. The van der Waals surface area contributed by atoms with Crippen molar-refractivity contribution in [3.8, 4) is 9.85 Å². The minimum atomic E-state index is 1.09. The molecule has 0 N–H and O–H groups in total. The zero-order chi connectivity index (χ0) is 6.95. The molecule has 0 nitrogen and oxygen atoms in total. The SMILES string of the molecule is CCCCCCC#CI. The van der Waals surface area contributed by atoms with Crippen molar-refractivity contribution in [1.29, 1.82) is 0 Å². The lowest BCUT2D eigenvalue weighted by Crippen LogP contribution is -1.72. The molecule has 0 amide bonds. The Bertz CT molecular complexity index is 96.9. The first-order valence-corrected chi connectivity index (χ1v) is 4.58. The Morgan fingerprint density at radius 3 is 2.56 bits per heavy atom. The van der Waals surface area contributed by atoms with Gasteiger partial charge in [0.1, 0.15) is 0 Å². The van der Waals surface area contributed by atoms with Crippen LogP contribution in [0.5, 0.6) is 0 Å². The number of hydrogen-bond acceptors (Lipinski definition) is 0. The predicted octanol–water partition coefficient (Wildman–Crippen LogP) is 3.35. The van der Waals surface area contributed by atoms with E-state index >= 15 is 0 Å². The van der Waals surface area contributed by atoms with E-state index in [1.54, 1.807) is 0 Å². The maximum atomic E-state index is 3.04. The van der Waals surface area contributed by atoms with Crippen LogP contribution in [0.3, 0.4) is 0 Å². The third-order valence-electron chi connectivity index (χ3n) is 1.22. The summed E-state index contributed by atoms with van der Waals surface area (Å²) >= 11 is 2.09. The van der Waals surface area contributed by atoms with Crippen molar-refractivity contribution in [1.82, 2.24) is 0 Å². The molecule has 9 heavy (non-hydrogen) atoms. The van der Waals surface area contributed by atoms with Gasteiger partial charge < -0.3 is 0 Å². The maximum Gasteiger partial charge on any atom is 0.0181 e. The van der Waals surface area contributed by atoms with E-state index in [1.807, 2.05) is 0 Å². The number of unbranched alkanes of at least 4 members (excludes halogenated alkanes) is 4. The summed E-state index contributed by atoms with van der Waals surface area (Å²) in [6.07, 6.45) is 6.40. The van der Waals surface area contributed by atoms with Crippen LogP contribution in [0.4, 0.5) is 0 Å². The minimum Gasteiger partial charge on any atom is -0.0919 e. The van der Waals surface area contributed by atoms with Gasteiger partial charge in [0, 0.05) is 29.0 Å². The van der Waals surface area contributed by atoms with Gasteiger partial charge in [-0.25, -0.2) is 0 Å². The number of rotatable bonds is 4. The molecule has 52 valence electrons. The molecule has 0 fully saturated rings. The Balaban J connectivity index is 2.80. The van der Waals surface area contributed by atoms with Gasteiger partial charge in [-0.1, -0.05) is 32.1 Å². The molecule has 0 radical (unpaired) electrons. The first-order chi connectivity index (χ1) is 4.41. The van der Waals surface area contributed by atoms with Crippen LogP contribution in [0.1, 0.15) is 39.0 Å². The van der Waals surface area contributed by atoms with E-state index in [9.17, 15) is 0 Å². The molecule has 0 rings (SSSR count). The van der Waals surface area contributed by atoms with Crippen LogP contribution >= 0.6 is 22.6 Å². The fraction of sp³-hybridized carbons (Fsp3) is 0.750. The molecule has 0 bridgehead atoms. The van der Waals surface area contributed by atoms with Gasteiger partial charge in [0.25, 0.3) is 0 Å². The van der Waals surface area contributed by atoms with Gasteiger partial charge in [-0.3, -0.25) is 0 Å². The highest BCUT2D eigenvalue weighted by molar-refractivity contribution is 14.1. The van der Waals surface area contributed by atoms with E-state index in [0.717, 1.165) is 6.42 Å². The molecular weight excluding hydrogens is 223 g/mol. The number of halogens is 1. The summed E-state index contributed by atoms with van der Waals surface area (Å²) in [7, 11) is 0. The lowest BCUT2D eigenvalue weighted by molar-refractivity contribution is 0.680. The molecule has 0 aromatic rings. The van der Waals surface area contributed by atoms with Crippen LogP contribution in [-0.2, 0) is 0 Å². The fourth-order valence-corrected chi connectivity index (χ4v) is 0.957. The highest BCUT2D eigenvalue weighted by Gasteiger charge is 1.82. The van der Waals surface area contributed by atoms with Crippen molar-refractivity contribution >= 4 is 22.6 Å². The highest BCUT2D eigenvalue weighted by atomic mass is 127. The summed E-state index contributed by atoms with van der Waals surface area (Å²) < 4.78 is 2.86. The van der Waals surface area contributed by atoms with Crippen molar-refractivity contribution in [3.63, 3.8) is 0 Å². The zero-order valence-electron chi connectivity index (χ0n) is 5.91. The van der Waals surface area contributed by atoms with Crippen LogP contribution in [0, 0.1) is 9.85 Å². The summed E-state index contributed by atoms with van der Waals surface area (Å²) in [4.78, 5) is 0.